The predicted octanol–water partition coefficient (Wildman–Crippen LogP) is 5.64. The summed E-state index contributed by atoms with van der Waals surface area (Å²) in [5.41, 5.74) is 6.31. The zero-order chi connectivity index (χ0) is 20.1. The van der Waals surface area contributed by atoms with Crippen molar-refractivity contribution in [3.05, 3.63) is 81.6 Å². The molecular formula is C21H19Cl2N3OS. The minimum atomic E-state index is -0.153. The van der Waals surface area contributed by atoms with Crippen LogP contribution in [0.1, 0.15) is 17.0 Å². The summed E-state index contributed by atoms with van der Waals surface area (Å²) in [5.74, 6) is 0.153. The molecule has 4 nitrogen and oxygen atoms in total. The number of nitrogens with one attached hydrogen (secondary N) is 1. The van der Waals surface area contributed by atoms with Crippen LogP contribution in [0.15, 0.2) is 64.6 Å². The number of halogens is 2. The van der Waals surface area contributed by atoms with Crippen LogP contribution in [0.25, 0.3) is 5.69 Å². The Morgan fingerprint density at radius 2 is 1.89 bits per heavy atom. The summed E-state index contributed by atoms with van der Waals surface area (Å²) in [4.78, 5) is 13.0. The SMILES string of the molecule is Cc1cc(/C=N/NC(=O)CSc2ccccc2)c(C)n1-c1ccc(Cl)cc1Cl. The van der Waals surface area contributed by atoms with E-state index >= 15 is 0 Å². The summed E-state index contributed by atoms with van der Waals surface area (Å²) in [5, 5.41) is 5.26. The molecule has 0 fully saturated rings. The summed E-state index contributed by atoms with van der Waals surface area (Å²) in [7, 11) is 0. The molecule has 7 heteroatoms. The summed E-state index contributed by atoms with van der Waals surface area (Å²) in [6, 6.07) is 17.2. The summed E-state index contributed by atoms with van der Waals surface area (Å²) in [6.45, 7) is 3.97. The molecule has 0 radical (unpaired) electrons. The van der Waals surface area contributed by atoms with Crippen molar-refractivity contribution in [2.24, 2.45) is 5.10 Å². The highest BCUT2D eigenvalue weighted by atomic mass is 35.5. The number of carbonyl (C=O) groups excluding carboxylic acids is 1. The molecule has 3 rings (SSSR count). The van der Waals surface area contributed by atoms with E-state index in [9.17, 15) is 4.79 Å². The number of rotatable bonds is 6. The molecule has 0 atom stereocenters. The summed E-state index contributed by atoms with van der Waals surface area (Å²) < 4.78 is 2.03. The molecule has 0 spiro atoms. The van der Waals surface area contributed by atoms with Crippen LogP contribution >= 0.6 is 35.0 Å². The quantitative estimate of drug-likeness (QED) is 0.311. The number of nitrogens with zero attached hydrogens (tertiary/aromatic N) is 2. The molecule has 0 aliphatic carbocycles. The van der Waals surface area contributed by atoms with Crippen LogP contribution in [0.5, 0.6) is 0 Å². The normalized spacial score (nSPS) is 11.1. The fourth-order valence-corrected chi connectivity index (χ4v) is 4.03. The standard InChI is InChI=1S/C21H19Cl2N3OS/c1-14-10-16(15(2)26(14)20-9-8-17(22)11-19(20)23)12-24-25-21(27)13-28-18-6-4-3-5-7-18/h3-12H,13H2,1-2H3,(H,25,27)/b24-12+. The number of benzene rings is 2. The van der Waals surface area contributed by atoms with Gasteiger partial charge in [-0.2, -0.15) is 5.10 Å². The maximum absolute atomic E-state index is 12.0. The van der Waals surface area contributed by atoms with Crippen molar-refractivity contribution in [1.29, 1.82) is 0 Å². The monoisotopic (exact) mass is 431 g/mol. The first kappa shape index (κ1) is 20.5. The summed E-state index contributed by atoms with van der Waals surface area (Å²) in [6.07, 6.45) is 1.65. The van der Waals surface area contributed by atoms with Gasteiger partial charge in [-0.3, -0.25) is 4.79 Å². The van der Waals surface area contributed by atoms with E-state index < -0.39 is 0 Å². The van der Waals surface area contributed by atoms with Gasteiger partial charge in [0.15, 0.2) is 0 Å². The Morgan fingerprint density at radius 1 is 1.14 bits per heavy atom. The Hall–Kier alpha value is -2.21. The van der Waals surface area contributed by atoms with Gasteiger partial charge in [-0.25, -0.2) is 5.43 Å². The van der Waals surface area contributed by atoms with Crippen LogP contribution in [-0.2, 0) is 4.79 Å². The molecule has 1 heterocycles. The molecule has 0 saturated carbocycles. The second-order valence-corrected chi connectivity index (χ2v) is 8.04. The van der Waals surface area contributed by atoms with Gasteiger partial charge in [-0.15, -0.1) is 11.8 Å². The minimum absolute atomic E-state index is 0.153. The lowest BCUT2D eigenvalue weighted by atomic mass is 10.2. The van der Waals surface area contributed by atoms with Gasteiger partial charge in [-0.05, 0) is 50.2 Å². The number of hydrogen-bond donors (Lipinski definition) is 1. The van der Waals surface area contributed by atoms with Crippen molar-refractivity contribution in [2.45, 2.75) is 18.7 Å². The third kappa shape index (κ3) is 4.98. The average Bonchev–Trinajstić information content (AvgIpc) is 2.95. The lowest BCUT2D eigenvalue weighted by Crippen LogP contribution is -2.19. The molecule has 0 bridgehead atoms. The summed E-state index contributed by atoms with van der Waals surface area (Å²) >= 11 is 13.8. The first-order valence-electron chi connectivity index (χ1n) is 8.60. The maximum Gasteiger partial charge on any atom is 0.250 e. The largest absolute Gasteiger partial charge is 0.316 e. The molecule has 0 aliphatic heterocycles. The second-order valence-electron chi connectivity index (χ2n) is 6.15. The Kier molecular flexibility index (Phi) is 6.83. The van der Waals surface area contributed by atoms with E-state index in [2.05, 4.69) is 10.5 Å². The second kappa shape index (κ2) is 9.32. The zero-order valence-corrected chi connectivity index (χ0v) is 17.8. The topological polar surface area (TPSA) is 46.4 Å². The molecule has 0 aliphatic rings. The highest BCUT2D eigenvalue weighted by Crippen LogP contribution is 2.28. The maximum atomic E-state index is 12.0. The van der Waals surface area contributed by atoms with Crippen molar-refractivity contribution in [2.75, 3.05) is 5.75 Å². The van der Waals surface area contributed by atoms with Crippen molar-refractivity contribution >= 4 is 47.1 Å². The van der Waals surface area contributed by atoms with E-state index in [1.807, 2.05) is 60.9 Å². The molecule has 144 valence electrons. The van der Waals surface area contributed by atoms with Crippen molar-refractivity contribution in [1.82, 2.24) is 9.99 Å². The van der Waals surface area contributed by atoms with Gasteiger partial charge in [-0.1, -0.05) is 41.4 Å². The lowest BCUT2D eigenvalue weighted by Gasteiger charge is -2.11. The van der Waals surface area contributed by atoms with E-state index in [1.54, 1.807) is 18.3 Å². The smallest absolute Gasteiger partial charge is 0.250 e. The van der Waals surface area contributed by atoms with Crippen molar-refractivity contribution in [3.63, 3.8) is 0 Å². The van der Waals surface area contributed by atoms with E-state index in [0.29, 0.717) is 15.8 Å². The van der Waals surface area contributed by atoms with E-state index in [1.165, 1.54) is 11.8 Å². The van der Waals surface area contributed by atoms with E-state index in [4.69, 9.17) is 23.2 Å². The highest BCUT2D eigenvalue weighted by Gasteiger charge is 2.12. The minimum Gasteiger partial charge on any atom is -0.316 e. The molecule has 0 unspecified atom stereocenters. The van der Waals surface area contributed by atoms with Gasteiger partial charge in [0.2, 0.25) is 5.91 Å². The molecule has 3 aromatic rings. The van der Waals surface area contributed by atoms with Gasteiger partial charge < -0.3 is 4.57 Å². The number of hydrazone groups is 1. The van der Waals surface area contributed by atoms with Gasteiger partial charge in [0.05, 0.1) is 22.7 Å². The van der Waals surface area contributed by atoms with Gasteiger partial charge in [0.25, 0.3) is 0 Å². The number of hydrogen-bond acceptors (Lipinski definition) is 3. The van der Waals surface area contributed by atoms with E-state index in [0.717, 1.165) is 27.5 Å². The lowest BCUT2D eigenvalue weighted by molar-refractivity contribution is -0.118. The number of aryl methyl sites for hydroxylation is 1. The Balaban J connectivity index is 1.67. The van der Waals surface area contributed by atoms with Gasteiger partial charge >= 0.3 is 0 Å². The fraction of sp³-hybridized carbons (Fsp3) is 0.143. The average molecular weight is 432 g/mol. The number of thioether (sulfide) groups is 1. The first-order chi connectivity index (χ1) is 13.5. The molecule has 1 N–H and O–H groups in total. The van der Waals surface area contributed by atoms with E-state index in [-0.39, 0.29) is 5.91 Å². The zero-order valence-electron chi connectivity index (χ0n) is 15.4. The molecule has 0 saturated heterocycles. The van der Waals surface area contributed by atoms with Crippen LogP contribution in [0.3, 0.4) is 0 Å². The Morgan fingerprint density at radius 3 is 2.61 bits per heavy atom. The fourth-order valence-electron chi connectivity index (χ4n) is 2.82. The highest BCUT2D eigenvalue weighted by molar-refractivity contribution is 8.00. The number of aromatic nitrogens is 1. The molecule has 1 amide bonds. The Labute approximate surface area is 178 Å². The molecule has 28 heavy (non-hydrogen) atoms. The number of amides is 1. The van der Waals surface area contributed by atoms with Crippen LogP contribution in [0.4, 0.5) is 0 Å². The first-order valence-corrected chi connectivity index (χ1v) is 10.3. The van der Waals surface area contributed by atoms with Crippen molar-refractivity contribution in [3.8, 4) is 5.69 Å². The molecule has 2 aromatic carbocycles. The Bertz CT molecular complexity index is 1020. The van der Waals surface area contributed by atoms with Crippen LogP contribution in [0, 0.1) is 13.8 Å². The van der Waals surface area contributed by atoms with Gasteiger partial charge in [0, 0.05) is 26.9 Å². The van der Waals surface area contributed by atoms with Gasteiger partial charge in [0.1, 0.15) is 0 Å². The predicted molar refractivity (Wildman–Crippen MR) is 118 cm³/mol. The van der Waals surface area contributed by atoms with Crippen LogP contribution < -0.4 is 5.43 Å². The molecule has 1 aromatic heterocycles. The third-order valence-corrected chi connectivity index (χ3v) is 5.68. The van der Waals surface area contributed by atoms with Crippen LogP contribution in [0.2, 0.25) is 10.0 Å². The van der Waals surface area contributed by atoms with Crippen LogP contribution in [-0.4, -0.2) is 22.4 Å². The molecular weight excluding hydrogens is 413 g/mol. The number of carbonyl (C=O) groups is 1. The third-order valence-electron chi connectivity index (χ3n) is 4.13. The van der Waals surface area contributed by atoms with Crippen molar-refractivity contribution < 1.29 is 4.79 Å².